The van der Waals surface area contributed by atoms with Gasteiger partial charge in [0.05, 0.1) is 5.56 Å². The van der Waals surface area contributed by atoms with Crippen molar-refractivity contribution in [3.63, 3.8) is 0 Å². The van der Waals surface area contributed by atoms with Crippen LogP contribution in [-0.4, -0.2) is 12.3 Å². The van der Waals surface area contributed by atoms with Crippen LogP contribution in [0.3, 0.4) is 0 Å². The minimum atomic E-state index is -0.327. The molecule has 0 amide bonds. The molecular weight excluding hydrogens is 214 g/mol. The van der Waals surface area contributed by atoms with Gasteiger partial charge in [-0.2, -0.15) is 0 Å². The molecule has 1 aliphatic carbocycles. The summed E-state index contributed by atoms with van der Waals surface area (Å²) in [6.45, 7) is 0.436. The molecule has 1 saturated carbocycles. The Bertz CT molecular complexity index is 561. The molecule has 0 spiro atoms. The molecule has 2 N–H and O–H groups in total. The third-order valence-corrected chi connectivity index (χ3v) is 3.91. The monoisotopic (exact) mass is 229 g/mol. The van der Waals surface area contributed by atoms with E-state index in [0.29, 0.717) is 12.1 Å². The van der Waals surface area contributed by atoms with E-state index in [1.54, 1.807) is 6.26 Å². The molecule has 3 rings (SSSR count). The fraction of sp³-hybridized carbons (Fsp3) is 0.357. The molecular formula is C14H15NO2. The predicted octanol–water partition coefficient (Wildman–Crippen LogP) is 2.74. The van der Waals surface area contributed by atoms with Crippen molar-refractivity contribution in [2.75, 3.05) is 6.54 Å². The maximum Gasteiger partial charge on any atom is 0.174 e. The maximum absolute atomic E-state index is 12.5. The van der Waals surface area contributed by atoms with E-state index in [-0.39, 0.29) is 11.2 Å². The molecule has 0 atom stereocenters. The summed E-state index contributed by atoms with van der Waals surface area (Å²) < 4.78 is 5.42. The number of carbonyl (C=O) groups excluding carboxylic acids is 1. The predicted molar refractivity (Wildman–Crippen MR) is 65.9 cm³/mol. The Balaban J connectivity index is 2.07. The fourth-order valence-corrected chi connectivity index (χ4v) is 2.57. The van der Waals surface area contributed by atoms with Gasteiger partial charge in [-0.05, 0) is 18.9 Å². The second kappa shape index (κ2) is 3.70. The van der Waals surface area contributed by atoms with Crippen molar-refractivity contribution in [3.05, 3.63) is 36.1 Å². The number of hydrogen-bond donors (Lipinski definition) is 1. The number of para-hydroxylation sites is 1. The van der Waals surface area contributed by atoms with E-state index in [1.807, 2.05) is 24.3 Å². The third kappa shape index (κ3) is 1.42. The number of nitrogens with two attached hydrogens (primary N) is 1. The van der Waals surface area contributed by atoms with Crippen LogP contribution >= 0.6 is 0 Å². The first-order valence-electron chi connectivity index (χ1n) is 5.98. The number of fused-ring (bicyclic) bond motifs is 1. The molecule has 1 aromatic heterocycles. The summed E-state index contributed by atoms with van der Waals surface area (Å²) in [7, 11) is 0. The molecule has 88 valence electrons. The molecule has 1 aromatic carbocycles. The zero-order valence-electron chi connectivity index (χ0n) is 9.61. The summed E-state index contributed by atoms with van der Waals surface area (Å²) in [6, 6.07) is 7.63. The third-order valence-electron chi connectivity index (χ3n) is 3.91. The van der Waals surface area contributed by atoms with Gasteiger partial charge in [-0.3, -0.25) is 4.79 Å². The van der Waals surface area contributed by atoms with Crippen LogP contribution in [-0.2, 0) is 0 Å². The molecule has 0 bridgehead atoms. The lowest BCUT2D eigenvalue weighted by molar-refractivity contribution is 0.0637. The number of furan rings is 1. The van der Waals surface area contributed by atoms with E-state index >= 15 is 0 Å². The van der Waals surface area contributed by atoms with Crippen LogP contribution in [0.5, 0.6) is 0 Å². The van der Waals surface area contributed by atoms with Crippen LogP contribution in [0.15, 0.2) is 34.9 Å². The Morgan fingerprint density at radius 3 is 2.76 bits per heavy atom. The van der Waals surface area contributed by atoms with Gasteiger partial charge in [-0.1, -0.05) is 24.6 Å². The van der Waals surface area contributed by atoms with Gasteiger partial charge >= 0.3 is 0 Å². The number of Topliss-reactive ketones (excluding diaryl/α,β-unsaturated/α-hetero) is 1. The van der Waals surface area contributed by atoms with Gasteiger partial charge in [0, 0.05) is 17.3 Å². The smallest absolute Gasteiger partial charge is 0.174 e. The van der Waals surface area contributed by atoms with Crippen LogP contribution < -0.4 is 5.73 Å². The summed E-state index contributed by atoms with van der Waals surface area (Å²) in [5.74, 6) is 0.149. The summed E-state index contributed by atoms with van der Waals surface area (Å²) in [6.07, 6.45) is 4.48. The molecule has 0 unspecified atom stereocenters. The van der Waals surface area contributed by atoms with Gasteiger partial charge in [0.25, 0.3) is 0 Å². The molecule has 1 aliphatic rings. The lowest BCUT2D eigenvalue weighted by Crippen LogP contribution is -2.44. The summed E-state index contributed by atoms with van der Waals surface area (Å²) in [5.41, 5.74) is 6.89. The number of benzene rings is 1. The zero-order valence-corrected chi connectivity index (χ0v) is 9.61. The largest absolute Gasteiger partial charge is 0.464 e. The van der Waals surface area contributed by atoms with Gasteiger partial charge in [0.1, 0.15) is 11.8 Å². The van der Waals surface area contributed by atoms with Crippen LogP contribution in [0.25, 0.3) is 11.0 Å². The first-order chi connectivity index (χ1) is 8.27. The molecule has 17 heavy (non-hydrogen) atoms. The first-order valence-corrected chi connectivity index (χ1v) is 5.98. The van der Waals surface area contributed by atoms with Crippen molar-refractivity contribution in [2.45, 2.75) is 19.3 Å². The average molecular weight is 229 g/mol. The molecule has 3 heteroatoms. The van der Waals surface area contributed by atoms with Crippen LogP contribution in [0.1, 0.15) is 29.6 Å². The molecule has 0 saturated heterocycles. The van der Waals surface area contributed by atoms with Crippen molar-refractivity contribution in [1.29, 1.82) is 0 Å². The quantitative estimate of drug-likeness (QED) is 0.823. The number of hydrogen-bond acceptors (Lipinski definition) is 3. The highest BCUT2D eigenvalue weighted by Gasteiger charge is 2.43. The maximum atomic E-state index is 12.5. The Labute approximate surface area is 99.6 Å². The highest BCUT2D eigenvalue weighted by Crippen LogP contribution is 2.43. The van der Waals surface area contributed by atoms with Crippen LogP contribution in [0.4, 0.5) is 0 Å². The minimum Gasteiger partial charge on any atom is -0.464 e. The van der Waals surface area contributed by atoms with E-state index in [9.17, 15) is 4.79 Å². The molecule has 2 aromatic rings. The van der Waals surface area contributed by atoms with Crippen molar-refractivity contribution in [3.8, 4) is 0 Å². The van der Waals surface area contributed by atoms with Crippen molar-refractivity contribution in [1.82, 2.24) is 0 Å². The highest BCUT2D eigenvalue weighted by molar-refractivity contribution is 6.10. The highest BCUT2D eigenvalue weighted by atomic mass is 16.3. The SMILES string of the molecule is NCC1(C(=O)c2coc3ccccc23)CCC1. The minimum absolute atomic E-state index is 0.149. The lowest BCUT2D eigenvalue weighted by atomic mass is 9.64. The standard InChI is InChI=1S/C14H15NO2/c15-9-14(6-3-7-14)13(16)11-8-17-12-5-2-1-4-10(11)12/h1-2,4-5,8H,3,6-7,9,15H2. The summed E-state index contributed by atoms with van der Waals surface area (Å²) >= 11 is 0. The Morgan fingerprint density at radius 2 is 2.12 bits per heavy atom. The van der Waals surface area contributed by atoms with Gasteiger partial charge < -0.3 is 10.2 Å². The fourth-order valence-electron chi connectivity index (χ4n) is 2.57. The Kier molecular flexibility index (Phi) is 2.30. The number of carbonyl (C=O) groups is 1. The summed E-state index contributed by atoms with van der Waals surface area (Å²) in [5, 5.41) is 0.900. The van der Waals surface area contributed by atoms with E-state index < -0.39 is 0 Å². The molecule has 1 heterocycles. The number of ketones is 1. The normalized spacial score (nSPS) is 17.9. The first kappa shape index (κ1) is 10.5. The zero-order chi connectivity index (χ0) is 11.9. The van der Waals surface area contributed by atoms with Gasteiger partial charge in [-0.25, -0.2) is 0 Å². The van der Waals surface area contributed by atoms with Crippen molar-refractivity contribution >= 4 is 16.8 Å². The Morgan fingerprint density at radius 1 is 1.35 bits per heavy atom. The van der Waals surface area contributed by atoms with E-state index in [2.05, 4.69) is 0 Å². The van der Waals surface area contributed by atoms with Crippen LogP contribution in [0.2, 0.25) is 0 Å². The van der Waals surface area contributed by atoms with Crippen molar-refractivity contribution < 1.29 is 9.21 Å². The molecule has 0 radical (unpaired) electrons. The van der Waals surface area contributed by atoms with E-state index in [4.69, 9.17) is 10.2 Å². The topological polar surface area (TPSA) is 56.2 Å². The lowest BCUT2D eigenvalue weighted by Gasteiger charge is -2.39. The van der Waals surface area contributed by atoms with Gasteiger partial charge in [0.2, 0.25) is 0 Å². The van der Waals surface area contributed by atoms with Gasteiger partial charge in [-0.15, -0.1) is 0 Å². The second-order valence-corrected chi connectivity index (χ2v) is 4.81. The number of rotatable bonds is 3. The van der Waals surface area contributed by atoms with E-state index in [0.717, 1.165) is 30.2 Å². The Hall–Kier alpha value is -1.61. The van der Waals surface area contributed by atoms with E-state index in [1.165, 1.54) is 0 Å². The molecule has 3 nitrogen and oxygen atoms in total. The molecule has 1 fully saturated rings. The molecule has 0 aliphatic heterocycles. The second-order valence-electron chi connectivity index (χ2n) is 4.81. The van der Waals surface area contributed by atoms with Crippen molar-refractivity contribution in [2.24, 2.45) is 11.1 Å². The van der Waals surface area contributed by atoms with Crippen LogP contribution in [0, 0.1) is 5.41 Å². The summed E-state index contributed by atoms with van der Waals surface area (Å²) in [4.78, 5) is 12.5. The van der Waals surface area contributed by atoms with Gasteiger partial charge in [0.15, 0.2) is 5.78 Å². The average Bonchev–Trinajstić information content (AvgIpc) is 2.71.